The quantitative estimate of drug-likeness (QED) is 0.560. The summed E-state index contributed by atoms with van der Waals surface area (Å²) in [6.45, 7) is 5.83. The highest BCUT2D eigenvalue weighted by Crippen LogP contribution is 2.31. The lowest BCUT2D eigenvalue weighted by Gasteiger charge is -2.21. The van der Waals surface area contributed by atoms with Crippen molar-refractivity contribution in [2.75, 3.05) is 31.0 Å². The molecule has 1 aliphatic rings. The summed E-state index contributed by atoms with van der Waals surface area (Å²) in [5, 5.41) is 2.76. The molecule has 2 aromatic rings. The molecule has 0 saturated carbocycles. The highest BCUT2D eigenvalue weighted by Gasteiger charge is 2.29. The molecule has 0 aliphatic carbocycles. The van der Waals surface area contributed by atoms with Crippen LogP contribution in [-0.4, -0.2) is 47.0 Å². The topological polar surface area (TPSA) is 114 Å². The molecular weight excluding hydrogens is 458 g/mol. The van der Waals surface area contributed by atoms with Gasteiger partial charge < -0.3 is 19.7 Å². The van der Waals surface area contributed by atoms with Crippen molar-refractivity contribution >= 4 is 33.2 Å². The lowest BCUT2D eigenvalue weighted by Crippen LogP contribution is -2.44. The number of methoxy groups -OCH3 is 2. The summed E-state index contributed by atoms with van der Waals surface area (Å²) in [6.07, 6.45) is 0.884. The second-order valence-electron chi connectivity index (χ2n) is 8.57. The molecule has 0 unspecified atom stereocenters. The van der Waals surface area contributed by atoms with Crippen LogP contribution >= 0.6 is 0 Å². The van der Waals surface area contributed by atoms with E-state index in [0.29, 0.717) is 36.6 Å². The maximum atomic E-state index is 13.2. The van der Waals surface area contributed by atoms with Crippen LogP contribution in [0.3, 0.4) is 0 Å². The van der Waals surface area contributed by atoms with E-state index in [2.05, 4.69) is 10.0 Å². The molecule has 3 rings (SSSR count). The molecule has 0 saturated heterocycles. The number of hydrogen-bond acceptors (Lipinski definition) is 6. The van der Waals surface area contributed by atoms with Gasteiger partial charge in [-0.25, -0.2) is 8.42 Å². The zero-order chi connectivity index (χ0) is 25.0. The van der Waals surface area contributed by atoms with Crippen molar-refractivity contribution in [3.8, 4) is 11.5 Å². The maximum absolute atomic E-state index is 13.2. The first kappa shape index (κ1) is 25.5. The normalized spacial score (nSPS) is 14.0. The monoisotopic (exact) mass is 489 g/mol. The van der Waals surface area contributed by atoms with E-state index in [1.165, 1.54) is 27.2 Å². The Hall–Kier alpha value is -3.11. The number of nitrogens with zero attached hydrogens (tertiary/aromatic N) is 1. The van der Waals surface area contributed by atoms with E-state index in [4.69, 9.17) is 9.47 Å². The first-order valence-corrected chi connectivity index (χ1v) is 12.5. The van der Waals surface area contributed by atoms with Crippen LogP contribution in [0.25, 0.3) is 0 Å². The van der Waals surface area contributed by atoms with Crippen LogP contribution in [0, 0.1) is 5.92 Å². The zero-order valence-corrected chi connectivity index (χ0v) is 20.9. The molecule has 0 fully saturated rings. The Bertz CT molecular complexity index is 1180. The van der Waals surface area contributed by atoms with Crippen molar-refractivity contribution in [3.63, 3.8) is 0 Å². The molecule has 0 bridgehead atoms. The van der Waals surface area contributed by atoms with Crippen molar-refractivity contribution < 1.29 is 27.5 Å². The van der Waals surface area contributed by atoms with Crippen LogP contribution in [0.1, 0.15) is 32.8 Å². The van der Waals surface area contributed by atoms with Gasteiger partial charge in [0.05, 0.1) is 19.1 Å². The number of sulfonamides is 1. The lowest BCUT2D eigenvalue weighted by molar-refractivity contribution is -0.118. The molecule has 2 N–H and O–H groups in total. The van der Waals surface area contributed by atoms with Crippen LogP contribution in [-0.2, 0) is 26.0 Å². The van der Waals surface area contributed by atoms with Crippen molar-refractivity contribution in [1.29, 1.82) is 0 Å². The van der Waals surface area contributed by atoms with E-state index in [0.717, 1.165) is 11.3 Å². The molecular formula is C24H31N3O6S. The van der Waals surface area contributed by atoms with Gasteiger partial charge in [0.2, 0.25) is 21.8 Å². The standard InChI is InChI=1S/C24H31N3O6S/c1-15(2)12-20(24(29)25-18-6-9-22(32-4)23(14-18)33-5)26-34(30,31)19-7-8-21-17(13-19)10-11-27(21)16(3)28/h6-9,13-15,20,26H,10-12H2,1-5H3,(H,25,29)/t20-/m0/s1. The number of rotatable bonds is 9. The summed E-state index contributed by atoms with van der Waals surface area (Å²) in [5.74, 6) is 0.455. The second kappa shape index (κ2) is 10.4. The van der Waals surface area contributed by atoms with Crippen LogP contribution in [0.15, 0.2) is 41.3 Å². The second-order valence-corrected chi connectivity index (χ2v) is 10.3. The van der Waals surface area contributed by atoms with E-state index in [1.807, 2.05) is 13.8 Å². The Morgan fingerprint density at radius 2 is 1.76 bits per heavy atom. The maximum Gasteiger partial charge on any atom is 0.242 e. The van der Waals surface area contributed by atoms with Gasteiger partial charge in [0.1, 0.15) is 6.04 Å². The molecule has 2 aromatic carbocycles. The number of carbonyl (C=O) groups excluding carboxylic acids is 2. The molecule has 1 atom stereocenters. The van der Waals surface area contributed by atoms with Gasteiger partial charge in [-0.2, -0.15) is 4.72 Å². The summed E-state index contributed by atoms with van der Waals surface area (Å²) >= 11 is 0. The van der Waals surface area contributed by atoms with E-state index in [1.54, 1.807) is 35.2 Å². The molecule has 0 radical (unpaired) electrons. The number of nitrogens with one attached hydrogen (secondary N) is 2. The predicted molar refractivity (Wildman–Crippen MR) is 130 cm³/mol. The summed E-state index contributed by atoms with van der Waals surface area (Å²) < 4.78 is 39.4. The van der Waals surface area contributed by atoms with Gasteiger partial charge in [0.15, 0.2) is 11.5 Å². The number of hydrogen-bond donors (Lipinski definition) is 2. The predicted octanol–water partition coefficient (Wildman–Crippen LogP) is 2.94. The Morgan fingerprint density at radius 1 is 1.06 bits per heavy atom. The minimum absolute atomic E-state index is 0.0596. The molecule has 1 heterocycles. The Balaban J connectivity index is 1.82. The molecule has 2 amide bonds. The third-order valence-corrected chi connectivity index (χ3v) is 7.08. The van der Waals surface area contributed by atoms with Crippen LogP contribution in [0.4, 0.5) is 11.4 Å². The number of benzene rings is 2. The zero-order valence-electron chi connectivity index (χ0n) is 20.0. The van der Waals surface area contributed by atoms with E-state index in [9.17, 15) is 18.0 Å². The third kappa shape index (κ3) is 5.68. The summed E-state index contributed by atoms with van der Waals surface area (Å²) in [5.41, 5.74) is 1.96. The highest BCUT2D eigenvalue weighted by atomic mass is 32.2. The number of amides is 2. The van der Waals surface area contributed by atoms with Gasteiger partial charge in [0, 0.05) is 30.9 Å². The van der Waals surface area contributed by atoms with Crippen molar-refractivity contribution in [2.45, 2.75) is 44.6 Å². The molecule has 9 nitrogen and oxygen atoms in total. The van der Waals surface area contributed by atoms with E-state index < -0.39 is 22.0 Å². The molecule has 1 aliphatic heterocycles. The lowest BCUT2D eigenvalue weighted by atomic mass is 10.0. The van der Waals surface area contributed by atoms with E-state index in [-0.39, 0.29) is 16.7 Å². The average Bonchev–Trinajstić information content (AvgIpc) is 3.21. The Morgan fingerprint density at radius 3 is 2.38 bits per heavy atom. The minimum Gasteiger partial charge on any atom is -0.493 e. The number of anilines is 2. The fourth-order valence-corrected chi connectivity index (χ4v) is 5.21. The van der Waals surface area contributed by atoms with Gasteiger partial charge >= 0.3 is 0 Å². The van der Waals surface area contributed by atoms with E-state index >= 15 is 0 Å². The average molecular weight is 490 g/mol. The van der Waals surface area contributed by atoms with Gasteiger partial charge in [0.25, 0.3) is 0 Å². The largest absolute Gasteiger partial charge is 0.493 e. The molecule has 184 valence electrons. The molecule has 0 aromatic heterocycles. The molecule has 10 heteroatoms. The van der Waals surface area contributed by atoms with Crippen LogP contribution in [0.2, 0.25) is 0 Å². The van der Waals surface area contributed by atoms with Crippen LogP contribution < -0.4 is 24.4 Å². The first-order chi connectivity index (χ1) is 16.1. The fraction of sp³-hybridized carbons (Fsp3) is 0.417. The SMILES string of the molecule is COc1ccc(NC(=O)[C@H](CC(C)C)NS(=O)(=O)c2ccc3c(c2)CCN3C(C)=O)cc1OC. The smallest absolute Gasteiger partial charge is 0.242 e. The highest BCUT2D eigenvalue weighted by molar-refractivity contribution is 7.89. The summed E-state index contributed by atoms with van der Waals surface area (Å²) in [4.78, 5) is 26.5. The number of fused-ring (bicyclic) bond motifs is 1. The van der Waals surface area contributed by atoms with Gasteiger partial charge in [-0.1, -0.05) is 13.8 Å². The fourth-order valence-electron chi connectivity index (χ4n) is 3.95. The van der Waals surface area contributed by atoms with Crippen LogP contribution in [0.5, 0.6) is 11.5 Å². The Labute approximate surface area is 200 Å². The van der Waals surface area contributed by atoms with Crippen molar-refractivity contribution in [2.24, 2.45) is 5.92 Å². The van der Waals surface area contributed by atoms with Gasteiger partial charge in [-0.3, -0.25) is 9.59 Å². The Kier molecular flexibility index (Phi) is 7.83. The summed E-state index contributed by atoms with van der Waals surface area (Å²) in [7, 11) is -0.979. The number of carbonyl (C=O) groups is 2. The molecule has 0 spiro atoms. The van der Waals surface area contributed by atoms with Gasteiger partial charge in [-0.15, -0.1) is 0 Å². The van der Waals surface area contributed by atoms with Gasteiger partial charge in [-0.05, 0) is 54.7 Å². The first-order valence-electron chi connectivity index (χ1n) is 11.0. The third-order valence-electron chi connectivity index (χ3n) is 5.61. The van der Waals surface area contributed by atoms with Crippen molar-refractivity contribution in [3.05, 3.63) is 42.0 Å². The minimum atomic E-state index is -3.98. The number of ether oxygens (including phenoxy) is 2. The summed E-state index contributed by atoms with van der Waals surface area (Å²) in [6, 6.07) is 8.60. The molecule has 34 heavy (non-hydrogen) atoms. The van der Waals surface area contributed by atoms with Crippen molar-refractivity contribution in [1.82, 2.24) is 4.72 Å².